The Balaban J connectivity index is 1.05. The van der Waals surface area contributed by atoms with Gasteiger partial charge in [-0.15, -0.1) is 0 Å². The number of pyridine rings is 2. The van der Waals surface area contributed by atoms with E-state index in [1.165, 1.54) is 24.8 Å². The Kier molecular flexibility index (Phi) is 8.17. The molecule has 2 N–H and O–H groups in total. The molecular formula is C29H40N4O3. The van der Waals surface area contributed by atoms with Crippen LogP contribution in [0.4, 0.5) is 5.82 Å². The molecule has 194 valence electrons. The first-order valence-corrected chi connectivity index (χ1v) is 13.8. The molecule has 2 saturated carbocycles. The number of ether oxygens (including phenoxy) is 1. The van der Waals surface area contributed by atoms with E-state index in [0.717, 1.165) is 75.0 Å². The van der Waals surface area contributed by atoms with Crippen LogP contribution in [0, 0.1) is 0 Å². The number of nitrogens with one attached hydrogen (secondary N) is 1. The zero-order valence-electron chi connectivity index (χ0n) is 21.4. The normalized spacial score (nSPS) is 24.7. The van der Waals surface area contributed by atoms with Crippen LogP contribution in [0.3, 0.4) is 0 Å². The summed E-state index contributed by atoms with van der Waals surface area (Å²) in [6.45, 7) is 0.777. The summed E-state index contributed by atoms with van der Waals surface area (Å²) >= 11 is 0. The molecule has 1 aliphatic heterocycles. The fourth-order valence-corrected chi connectivity index (χ4v) is 6.27. The van der Waals surface area contributed by atoms with E-state index in [0.29, 0.717) is 12.0 Å². The first-order valence-electron chi connectivity index (χ1n) is 13.8. The molecule has 7 heteroatoms. The van der Waals surface area contributed by atoms with Crippen molar-refractivity contribution in [1.29, 1.82) is 0 Å². The number of aromatic nitrogens is 2. The molecule has 0 radical (unpaired) electrons. The fraction of sp³-hybridized carbons (Fsp3) is 0.621. The van der Waals surface area contributed by atoms with Gasteiger partial charge in [-0.05, 0) is 82.5 Å². The Morgan fingerprint density at radius 3 is 2.72 bits per heavy atom. The predicted octanol–water partition coefficient (Wildman–Crippen LogP) is 5.34. The Labute approximate surface area is 214 Å². The third kappa shape index (κ3) is 5.73. The molecule has 3 aliphatic rings. The maximum atomic E-state index is 12.4. The first kappa shape index (κ1) is 25.2. The number of nitrogens with zero attached hydrogens (tertiary/aromatic N) is 3. The number of carbonyl (C=O) groups is 1. The molecule has 36 heavy (non-hydrogen) atoms. The largest absolute Gasteiger partial charge is 0.480 e. The number of likely N-dealkylation sites (N-methyl/N-ethyl adjacent to an activating group) is 1. The average Bonchev–Trinajstić information content (AvgIpc) is 3.40. The molecule has 0 unspecified atom stereocenters. The molecule has 2 aromatic heterocycles. The molecule has 0 spiro atoms. The van der Waals surface area contributed by atoms with Gasteiger partial charge in [0.2, 0.25) is 0 Å². The monoisotopic (exact) mass is 492 g/mol. The molecule has 0 aromatic carbocycles. The zero-order valence-corrected chi connectivity index (χ0v) is 21.4. The lowest BCUT2D eigenvalue weighted by Crippen LogP contribution is -2.49. The van der Waals surface area contributed by atoms with E-state index in [9.17, 15) is 9.90 Å². The summed E-state index contributed by atoms with van der Waals surface area (Å²) in [7, 11) is 1.95. The highest BCUT2D eigenvalue weighted by molar-refractivity contribution is 5.76. The number of hydrogen-bond donors (Lipinski definition) is 2. The summed E-state index contributed by atoms with van der Waals surface area (Å²) in [5.74, 6) is 0.656. The van der Waals surface area contributed by atoms with Crippen molar-refractivity contribution in [2.24, 2.45) is 0 Å². The van der Waals surface area contributed by atoms with Gasteiger partial charge in [-0.25, -0.2) is 4.98 Å². The van der Waals surface area contributed by atoms with Crippen molar-refractivity contribution in [2.45, 2.75) is 101 Å². The summed E-state index contributed by atoms with van der Waals surface area (Å²) in [6, 6.07) is 8.10. The second-order valence-electron chi connectivity index (χ2n) is 10.9. The summed E-state index contributed by atoms with van der Waals surface area (Å²) in [5, 5.41) is 13.7. The smallest absolute Gasteiger partial charge is 0.325 e. The van der Waals surface area contributed by atoms with Gasteiger partial charge in [0.05, 0.1) is 6.10 Å². The van der Waals surface area contributed by atoms with E-state index in [4.69, 9.17) is 4.74 Å². The van der Waals surface area contributed by atoms with E-state index < -0.39 is 12.0 Å². The van der Waals surface area contributed by atoms with Gasteiger partial charge < -0.3 is 15.2 Å². The van der Waals surface area contributed by atoms with E-state index in [2.05, 4.69) is 21.4 Å². The predicted molar refractivity (Wildman–Crippen MR) is 140 cm³/mol. The number of hydrogen-bond acceptors (Lipinski definition) is 6. The number of aliphatic carboxylic acids is 1. The van der Waals surface area contributed by atoms with Gasteiger partial charge in [-0.2, -0.15) is 0 Å². The Morgan fingerprint density at radius 1 is 1.14 bits per heavy atom. The van der Waals surface area contributed by atoms with E-state index in [1.54, 1.807) is 0 Å². The van der Waals surface area contributed by atoms with Gasteiger partial charge in [-0.3, -0.25) is 14.7 Å². The second-order valence-corrected chi connectivity index (χ2v) is 10.9. The van der Waals surface area contributed by atoms with Crippen LogP contribution < -0.4 is 5.32 Å². The highest BCUT2D eigenvalue weighted by Gasteiger charge is 2.40. The fourth-order valence-electron chi connectivity index (χ4n) is 6.27. The minimum absolute atomic E-state index is 0.228. The zero-order chi connectivity index (χ0) is 24.9. The van der Waals surface area contributed by atoms with Crippen molar-refractivity contribution in [2.75, 3.05) is 19.0 Å². The molecule has 2 atom stereocenters. The molecule has 3 heterocycles. The minimum Gasteiger partial charge on any atom is -0.480 e. The van der Waals surface area contributed by atoms with Gasteiger partial charge in [0.25, 0.3) is 0 Å². The van der Waals surface area contributed by atoms with Crippen LogP contribution in [0.25, 0.3) is 0 Å². The molecule has 0 saturated heterocycles. The summed E-state index contributed by atoms with van der Waals surface area (Å²) in [5.41, 5.74) is 3.19. The van der Waals surface area contributed by atoms with Crippen LogP contribution in [0.1, 0.15) is 93.0 Å². The molecule has 2 fully saturated rings. The number of rotatable bonds is 11. The van der Waals surface area contributed by atoms with Crippen molar-refractivity contribution in [3.8, 4) is 0 Å². The van der Waals surface area contributed by atoms with Crippen molar-refractivity contribution in [3.63, 3.8) is 0 Å². The summed E-state index contributed by atoms with van der Waals surface area (Å²) in [4.78, 5) is 23.5. The van der Waals surface area contributed by atoms with Gasteiger partial charge in [0.15, 0.2) is 0 Å². The molecule has 0 bridgehead atoms. The number of aryl methyl sites for hydroxylation is 1. The Bertz CT molecular complexity index is 1020. The van der Waals surface area contributed by atoms with E-state index >= 15 is 0 Å². The molecule has 2 aromatic rings. The molecule has 5 rings (SSSR count). The molecule has 2 aliphatic carbocycles. The van der Waals surface area contributed by atoms with E-state index in [1.807, 2.05) is 42.5 Å². The quantitative estimate of drug-likeness (QED) is 0.410. The van der Waals surface area contributed by atoms with Crippen molar-refractivity contribution >= 4 is 11.8 Å². The number of carboxylic acid groups (broad SMARTS) is 1. The summed E-state index contributed by atoms with van der Waals surface area (Å²) in [6.07, 6.45) is 15.9. The lowest BCUT2D eigenvalue weighted by atomic mass is 9.85. The lowest BCUT2D eigenvalue weighted by Gasteiger charge is -2.43. The first-order chi connectivity index (χ1) is 17.6. The Morgan fingerprint density at radius 2 is 1.92 bits per heavy atom. The van der Waals surface area contributed by atoms with E-state index in [-0.39, 0.29) is 12.1 Å². The van der Waals surface area contributed by atoms with Gasteiger partial charge in [-0.1, -0.05) is 25.0 Å². The maximum Gasteiger partial charge on any atom is 0.325 e. The van der Waals surface area contributed by atoms with Crippen LogP contribution in [0.2, 0.25) is 0 Å². The number of carboxylic acids is 1. The standard InChI is InChI=1S/C29H40N4O3/c1-33(27(29(34)35)25-12-7-15-30-26(25)20-8-2-3-9-20)23-18-24(19-23)36-17-5-4-11-22-14-13-21-10-6-16-31-28(21)32-22/h6-7,10,12,15-16,20,22-24,27H,2-5,8-9,11,13-14,17-19H2,1H3,(H,31,32)(H,34,35)/t22-,23?,24?,27-/m0/s1. The lowest BCUT2D eigenvalue weighted by molar-refractivity contribution is -0.146. The minimum atomic E-state index is -0.789. The highest BCUT2D eigenvalue weighted by Crippen LogP contribution is 2.39. The van der Waals surface area contributed by atoms with Crippen LogP contribution in [0.5, 0.6) is 0 Å². The number of fused-ring (bicyclic) bond motifs is 1. The van der Waals surface area contributed by atoms with Crippen molar-refractivity contribution in [1.82, 2.24) is 14.9 Å². The third-order valence-electron chi connectivity index (χ3n) is 8.49. The van der Waals surface area contributed by atoms with Crippen molar-refractivity contribution in [3.05, 3.63) is 53.5 Å². The molecular weight excluding hydrogens is 452 g/mol. The van der Waals surface area contributed by atoms with Crippen molar-refractivity contribution < 1.29 is 14.6 Å². The second kappa shape index (κ2) is 11.7. The van der Waals surface area contributed by atoms with Crippen LogP contribution in [-0.4, -0.2) is 57.8 Å². The van der Waals surface area contributed by atoms with Gasteiger partial charge in [0, 0.05) is 48.3 Å². The third-order valence-corrected chi connectivity index (χ3v) is 8.49. The molecule has 7 nitrogen and oxygen atoms in total. The topological polar surface area (TPSA) is 87.6 Å². The Hall–Kier alpha value is -2.51. The van der Waals surface area contributed by atoms with Crippen LogP contribution in [-0.2, 0) is 16.0 Å². The highest BCUT2D eigenvalue weighted by atomic mass is 16.5. The van der Waals surface area contributed by atoms with Crippen LogP contribution >= 0.6 is 0 Å². The number of unbranched alkanes of at least 4 members (excludes halogenated alkanes) is 1. The van der Waals surface area contributed by atoms with Gasteiger partial charge >= 0.3 is 5.97 Å². The van der Waals surface area contributed by atoms with Gasteiger partial charge in [0.1, 0.15) is 11.9 Å². The summed E-state index contributed by atoms with van der Waals surface area (Å²) < 4.78 is 6.14. The average molecular weight is 493 g/mol. The van der Waals surface area contributed by atoms with Crippen LogP contribution in [0.15, 0.2) is 36.7 Å². The number of anilines is 1. The molecule has 0 amide bonds. The maximum absolute atomic E-state index is 12.4. The SMILES string of the molecule is CN(C1CC(OCCCC[C@H]2CCc3cccnc3N2)C1)[C@H](C(=O)O)c1cccnc1C1CCCC1.